The fourth-order valence-corrected chi connectivity index (χ4v) is 4.22. The van der Waals surface area contributed by atoms with Gasteiger partial charge in [-0.1, -0.05) is 71.1 Å². The summed E-state index contributed by atoms with van der Waals surface area (Å²) < 4.78 is 5.59. The number of hydrogen-bond acceptors (Lipinski definition) is 6. The van der Waals surface area contributed by atoms with Crippen LogP contribution in [0.15, 0.2) is 12.5 Å². The second-order valence-electron chi connectivity index (χ2n) is 9.71. The minimum absolute atomic E-state index is 0.00777. The van der Waals surface area contributed by atoms with E-state index in [1.807, 2.05) is 0 Å². The first-order valence-electron chi connectivity index (χ1n) is 13.8. The van der Waals surface area contributed by atoms with Gasteiger partial charge in [0.25, 0.3) is 0 Å². The zero-order valence-corrected chi connectivity index (χ0v) is 22.3. The number of carboxylic acid groups (broad SMARTS) is 1. The largest absolute Gasteiger partial charge is 0.481 e. The van der Waals surface area contributed by atoms with Crippen LogP contribution in [0, 0.1) is 0 Å². The molecule has 0 aliphatic heterocycles. The molecule has 1 heterocycles. The fraction of sp³-hybridized carbons (Fsp3) is 0.741. The van der Waals surface area contributed by atoms with E-state index in [2.05, 4.69) is 22.2 Å². The van der Waals surface area contributed by atoms with Crippen LogP contribution < -0.4 is 11.1 Å². The summed E-state index contributed by atoms with van der Waals surface area (Å²) in [6.07, 6.45) is 15.9. The Kier molecular flexibility index (Phi) is 17.5. The van der Waals surface area contributed by atoms with E-state index >= 15 is 0 Å². The van der Waals surface area contributed by atoms with Crippen LogP contribution in [0.1, 0.15) is 115 Å². The molecular weight excluding hydrogens is 476 g/mol. The van der Waals surface area contributed by atoms with Gasteiger partial charge >= 0.3 is 11.9 Å². The zero-order valence-electron chi connectivity index (χ0n) is 22.3. The summed E-state index contributed by atoms with van der Waals surface area (Å²) in [5.74, 6) is -2.65. The van der Waals surface area contributed by atoms with Crippen LogP contribution in [0.5, 0.6) is 0 Å². The monoisotopic (exact) mass is 522 g/mol. The first kappa shape index (κ1) is 32.1. The predicted octanol–water partition coefficient (Wildman–Crippen LogP) is 4.18. The van der Waals surface area contributed by atoms with Crippen molar-refractivity contribution in [1.29, 1.82) is 0 Å². The van der Waals surface area contributed by atoms with E-state index in [9.17, 15) is 19.2 Å². The zero-order chi connectivity index (χ0) is 27.3. The Bertz CT molecular complexity index is 784. The van der Waals surface area contributed by atoms with Gasteiger partial charge < -0.3 is 25.9 Å². The molecule has 5 N–H and O–H groups in total. The Labute approximate surface area is 220 Å². The Morgan fingerprint density at radius 1 is 0.973 bits per heavy atom. The summed E-state index contributed by atoms with van der Waals surface area (Å²) in [4.78, 5) is 54.4. The van der Waals surface area contributed by atoms with Crippen molar-refractivity contribution in [3.63, 3.8) is 0 Å². The van der Waals surface area contributed by atoms with Gasteiger partial charge in [0.05, 0.1) is 19.2 Å². The minimum atomic E-state index is -1.01. The van der Waals surface area contributed by atoms with Gasteiger partial charge in [-0.2, -0.15) is 0 Å². The van der Waals surface area contributed by atoms with Gasteiger partial charge in [0.15, 0.2) is 0 Å². The van der Waals surface area contributed by atoms with Crippen LogP contribution >= 0.6 is 0 Å². The number of aromatic amines is 1. The fourth-order valence-electron chi connectivity index (χ4n) is 4.22. The normalized spacial score (nSPS) is 12.6. The number of carbonyl (C=O) groups excluding carboxylic acids is 3. The predicted molar refractivity (Wildman–Crippen MR) is 140 cm³/mol. The van der Waals surface area contributed by atoms with E-state index in [1.165, 1.54) is 63.9 Å². The van der Waals surface area contributed by atoms with E-state index in [0.29, 0.717) is 12.1 Å². The molecule has 0 fully saturated rings. The molecule has 0 unspecified atom stereocenters. The minimum Gasteiger partial charge on any atom is -0.481 e. The topological polar surface area (TPSA) is 164 Å². The van der Waals surface area contributed by atoms with Crippen LogP contribution in [-0.2, 0) is 30.3 Å². The van der Waals surface area contributed by atoms with Crippen LogP contribution in [0.25, 0.3) is 0 Å². The molecule has 0 saturated carbocycles. The lowest BCUT2D eigenvalue weighted by Crippen LogP contribution is -2.44. The van der Waals surface area contributed by atoms with Crippen molar-refractivity contribution in [3.8, 4) is 0 Å². The molecule has 0 spiro atoms. The van der Waals surface area contributed by atoms with E-state index in [4.69, 9.17) is 15.6 Å². The van der Waals surface area contributed by atoms with Crippen LogP contribution in [0.2, 0.25) is 0 Å². The maximum absolute atomic E-state index is 12.9. The molecule has 37 heavy (non-hydrogen) atoms. The molecule has 1 aromatic heterocycles. The number of hydrogen-bond donors (Lipinski definition) is 4. The first-order valence-corrected chi connectivity index (χ1v) is 13.8. The highest BCUT2D eigenvalue weighted by Crippen LogP contribution is 2.16. The highest BCUT2D eigenvalue weighted by molar-refractivity contribution is 5.85. The summed E-state index contributed by atoms with van der Waals surface area (Å²) in [5.41, 5.74) is 5.95. The molecule has 2 atom stereocenters. The Morgan fingerprint density at radius 2 is 1.59 bits per heavy atom. The highest BCUT2D eigenvalue weighted by atomic mass is 16.5. The number of primary amides is 1. The average Bonchev–Trinajstić information content (AvgIpc) is 3.34. The van der Waals surface area contributed by atoms with E-state index in [0.717, 1.165) is 19.3 Å². The molecule has 10 nitrogen and oxygen atoms in total. The van der Waals surface area contributed by atoms with Crippen LogP contribution in [0.3, 0.4) is 0 Å². The number of carbonyl (C=O) groups is 4. The number of nitrogens with two attached hydrogens (primary N) is 1. The summed E-state index contributed by atoms with van der Waals surface area (Å²) in [6.45, 7) is 2.22. The van der Waals surface area contributed by atoms with Gasteiger partial charge in [0.1, 0.15) is 12.1 Å². The van der Waals surface area contributed by atoms with E-state index < -0.39 is 35.9 Å². The quantitative estimate of drug-likeness (QED) is 0.124. The Morgan fingerprint density at radius 3 is 2.14 bits per heavy atom. The van der Waals surface area contributed by atoms with Gasteiger partial charge in [0.2, 0.25) is 11.8 Å². The molecule has 0 saturated heterocycles. The van der Waals surface area contributed by atoms with E-state index in [1.54, 1.807) is 0 Å². The molecule has 1 aromatic rings. The smallest absolute Gasteiger partial charge is 0.328 e. The number of nitrogens with zero attached hydrogens (tertiary/aromatic N) is 1. The third kappa shape index (κ3) is 17.2. The van der Waals surface area contributed by atoms with Crippen molar-refractivity contribution in [3.05, 3.63) is 18.2 Å². The van der Waals surface area contributed by atoms with Gasteiger partial charge in [-0.15, -0.1) is 0 Å². The summed E-state index contributed by atoms with van der Waals surface area (Å²) >= 11 is 0. The summed E-state index contributed by atoms with van der Waals surface area (Å²) in [6, 6.07) is -1.01. The van der Waals surface area contributed by atoms with Crippen LogP contribution in [-0.4, -0.2) is 51.0 Å². The van der Waals surface area contributed by atoms with Crippen molar-refractivity contribution < 1.29 is 29.0 Å². The lowest BCUT2D eigenvalue weighted by Gasteiger charge is -2.22. The summed E-state index contributed by atoms with van der Waals surface area (Å²) in [7, 11) is 0. The van der Waals surface area contributed by atoms with Gasteiger partial charge in [-0.3, -0.25) is 14.4 Å². The molecule has 2 amide bonds. The molecule has 0 bridgehead atoms. The van der Waals surface area contributed by atoms with E-state index in [-0.39, 0.29) is 32.1 Å². The lowest BCUT2D eigenvalue weighted by molar-refractivity contribution is -0.155. The Balaban J connectivity index is 2.49. The maximum atomic E-state index is 12.9. The number of rotatable bonds is 23. The van der Waals surface area contributed by atoms with Crippen molar-refractivity contribution in [2.24, 2.45) is 5.73 Å². The number of amides is 2. The van der Waals surface area contributed by atoms with Crippen molar-refractivity contribution in [2.75, 3.05) is 0 Å². The first-order chi connectivity index (χ1) is 17.8. The average molecular weight is 523 g/mol. The number of aliphatic carboxylic acids is 1. The second kappa shape index (κ2) is 20.2. The third-order valence-electron chi connectivity index (χ3n) is 6.25. The number of unbranched alkanes of at least 4 members (excludes halogenated alkanes) is 10. The molecule has 0 radical (unpaired) electrons. The number of esters is 1. The van der Waals surface area contributed by atoms with Crippen molar-refractivity contribution in [2.45, 2.75) is 128 Å². The van der Waals surface area contributed by atoms with Crippen molar-refractivity contribution in [1.82, 2.24) is 15.3 Å². The standard InChI is InChI=1S/C27H46N4O6/c1-2-3-4-5-6-7-8-9-10-11-12-14-22(18-24(28)32)37-27(36)23(15-13-16-26(34)35)31-25(33)17-21-19-29-20-30-21/h19-20,22-23H,2-18H2,1H3,(H2,28,32)(H,29,30)(H,31,33)(H,34,35)/t22-,23-/m0/s1. The molecule has 0 aliphatic rings. The Hall–Kier alpha value is -2.91. The van der Waals surface area contributed by atoms with Crippen molar-refractivity contribution >= 4 is 23.8 Å². The summed E-state index contributed by atoms with van der Waals surface area (Å²) in [5, 5.41) is 11.6. The SMILES string of the molecule is CCCCCCCCCCCCC[C@@H](CC(N)=O)OC(=O)[C@H](CCCC(=O)O)NC(=O)Cc1cnc[nH]1. The number of aromatic nitrogens is 2. The highest BCUT2D eigenvalue weighted by Gasteiger charge is 2.26. The van der Waals surface area contributed by atoms with Gasteiger partial charge in [-0.05, 0) is 25.7 Å². The number of nitrogens with one attached hydrogen (secondary N) is 2. The number of imidazole rings is 1. The molecule has 210 valence electrons. The van der Waals surface area contributed by atoms with Crippen LogP contribution in [0.4, 0.5) is 0 Å². The van der Waals surface area contributed by atoms with Gasteiger partial charge in [0, 0.05) is 18.3 Å². The number of ether oxygens (including phenoxy) is 1. The molecule has 1 rings (SSSR count). The second-order valence-corrected chi connectivity index (χ2v) is 9.71. The number of carboxylic acids is 1. The maximum Gasteiger partial charge on any atom is 0.328 e. The number of H-pyrrole nitrogens is 1. The molecular formula is C27H46N4O6. The lowest BCUT2D eigenvalue weighted by atomic mass is 10.0. The third-order valence-corrected chi connectivity index (χ3v) is 6.25. The molecule has 10 heteroatoms. The van der Waals surface area contributed by atoms with Gasteiger partial charge in [-0.25, -0.2) is 9.78 Å². The molecule has 0 aliphatic carbocycles. The molecule has 0 aromatic carbocycles.